The average Bonchev–Trinajstić information content (AvgIpc) is 2.08. The van der Waals surface area contributed by atoms with E-state index in [0.717, 1.165) is 10.2 Å². The van der Waals surface area contributed by atoms with Crippen LogP contribution in [0, 0.1) is 6.92 Å². The zero-order valence-electron chi connectivity index (χ0n) is 8.10. The number of aromatic nitrogens is 2. The van der Waals surface area contributed by atoms with Crippen LogP contribution in [0.3, 0.4) is 0 Å². The number of rotatable bonds is 2. The largest absolute Gasteiger partial charge is 0.351 e. The fourth-order valence-corrected chi connectivity index (χ4v) is 1.66. The number of hydrogen-bond donors (Lipinski definition) is 1. The first-order valence-electron chi connectivity index (χ1n) is 4.60. The van der Waals surface area contributed by atoms with E-state index in [9.17, 15) is 8.78 Å². The van der Waals surface area contributed by atoms with Gasteiger partial charge in [-0.15, -0.1) is 0 Å². The van der Waals surface area contributed by atoms with Crippen LogP contribution in [0.25, 0.3) is 0 Å². The van der Waals surface area contributed by atoms with Crippen molar-refractivity contribution in [2.75, 3.05) is 5.32 Å². The molecule has 0 radical (unpaired) electrons. The quantitative estimate of drug-likeness (QED) is 0.903. The van der Waals surface area contributed by atoms with Crippen molar-refractivity contribution >= 4 is 21.9 Å². The molecular weight excluding hydrogens is 268 g/mol. The van der Waals surface area contributed by atoms with Crippen LogP contribution >= 0.6 is 15.9 Å². The summed E-state index contributed by atoms with van der Waals surface area (Å²) in [6.45, 7) is 1.83. The summed E-state index contributed by atoms with van der Waals surface area (Å²) in [6, 6.07) is -0.208. The maximum Gasteiger partial charge on any atom is 0.252 e. The number of halogens is 3. The molecule has 0 aromatic carbocycles. The fraction of sp³-hybridized carbons (Fsp3) is 0.556. The van der Waals surface area contributed by atoms with Crippen LogP contribution < -0.4 is 5.32 Å². The van der Waals surface area contributed by atoms with Gasteiger partial charge >= 0.3 is 0 Å². The second-order valence-corrected chi connectivity index (χ2v) is 4.59. The first-order chi connectivity index (χ1) is 6.96. The molecule has 1 N–H and O–H groups in total. The van der Waals surface area contributed by atoms with E-state index in [4.69, 9.17) is 0 Å². The SMILES string of the molecule is Cc1nc(NC2CC(F)(F)C2)ncc1Br. The third-order valence-electron chi connectivity index (χ3n) is 2.34. The highest BCUT2D eigenvalue weighted by Gasteiger charge is 2.45. The third-order valence-corrected chi connectivity index (χ3v) is 3.12. The van der Waals surface area contributed by atoms with Crippen LogP contribution in [0.4, 0.5) is 14.7 Å². The molecule has 1 heterocycles. The van der Waals surface area contributed by atoms with Gasteiger partial charge in [-0.05, 0) is 22.9 Å². The van der Waals surface area contributed by atoms with E-state index in [1.807, 2.05) is 6.92 Å². The van der Waals surface area contributed by atoms with Crippen molar-refractivity contribution in [3.8, 4) is 0 Å². The van der Waals surface area contributed by atoms with Gasteiger partial charge in [0.05, 0.1) is 10.2 Å². The van der Waals surface area contributed by atoms with Gasteiger partial charge in [0.15, 0.2) is 0 Å². The van der Waals surface area contributed by atoms with Crippen LogP contribution in [-0.4, -0.2) is 21.9 Å². The smallest absolute Gasteiger partial charge is 0.252 e. The molecule has 0 saturated heterocycles. The number of alkyl halides is 2. The van der Waals surface area contributed by atoms with Gasteiger partial charge in [-0.2, -0.15) is 0 Å². The van der Waals surface area contributed by atoms with Gasteiger partial charge in [-0.3, -0.25) is 0 Å². The molecule has 1 saturated carbocycles. The molecule has 1 fully saturated rings. The zero-order chi connectivity index (χ0) is 11.1. The lowest BCUT2D eigenvalue weighted by molar-refractivity contribution is -0.0794. The summed E-state index contributed by atoms with van der Waals surface area (Å²) in [6.07, 6.45) is 1.35. The summed E-state index contributed by atoms with van der Waals surface area (Å²) in [5.74, 6) is -2.10. The van der Waals surface area contributed by atoms with E-state index >= 15 is 0 Å². The van der Waals surface area contributed by atoms with Gasteiger partial charge in [0, 0.05) is 25.1 Å². The number of aryl methyl sites for hydroxylation is 1. The van der Waals surface area contributed by atoms with E-state index in [0.29, 0.717) is 5.95 Å². The Morgan fingerprint density at radius 2 is 2.20 bits per heavy atom. The molecule has 1 aliphatic carbocycles. The summed E-state index contributed by atoms with van der Waals surface area (Å²) < 4.78 is 25.9. The van der Waals surface area contributed by atoms with Gasteiger partial charge in [-0.1, -0.05) is 0 Å². The topological polar surface area (TPSA) is 37.8 Å². The minimum absolute atomic E-state index is 0.133. The highest BCUT2D eigenvalue weighted by molar-refractivity contribution is 9.10. The molecule has 1 aliphatic rings. The Kier molecular flexibility index (Phi) is 2.62. The summed E-state index contributed by atoms with van der Waals surface area (Å²) in [5.41, 5.74) is 0.790. The Morgan fingerprint density at radius 3 is 2.73 bits per heavy atom. The fourth-order valence-electron chi connectivity index (χ4n) is 1.47. The molecule has 82 valence electrons. The van der Waals surface area contributed by atoms with Gasteiger partial charge in [0.25, 0.3) is 5.92 Å². The minimum atomic E-state index is -2.51. The highest BCUT2D eigenvalue weighted by Crippen LogP contribution is 2.38. The molecule has 0 bridgehead atoms. The lowest BCUT2D eigenvalue weighted by Crippen LogP contribution is -2.44. The molecule has 15 heavy (non-hydrogen) atoms. The number of hydrogen-bond acceptors (Lipinski definition) is 3. The number of anilines is 1. The molecule has 6 heteroatoms. The van der Waals surface area contributed by atoms with Crippen LogP contribution in [0.5, 0.6) is 0 Å². The van der Waals surface area contributed by atoms with Crippen molar-refractivity contribution in [1.82, 2.24) is 9.97 Å². The first kappa shape index (κ1) is 10.7. The minimum Gasteiger partial charge on any atom is -0.351 e. The molecule has 1 aromatic heterocycles. The molecule has 0 aliphatic heterocycles. The Labute approximate surface area is 94.4 Å². The van der Waals surface area contributed by atoms with Crippen molar-refractivity contribution in [2.45, 2.75) is 31.7 Å². The Bertz CT molecular complexity index is 376. The molecule has 0 unspecified atom stereocenters. The van der Waals surface area contributed by atoms with E-state index in [1.165, 1.54) is 0 Å². The monoisotopic (exact) mass is 277 g/mol. The van der Waals surface area contributed by atoms with Crippen LogP contribution in [0.15, 0.2) is 10.7 Å². The molecule has 2 rings (SSSR count). The van der Waals surface area contributed by atoms with Crippen molar-refractivity contribution in [2.24, 2.45) is 0 Å². The predicted octanol–water partition coefficient (Wildman–Crippen LogP) is 2.76. The number of nitrogens with one attached hydrogen (secondary N) is 1. The molecule has 0 amide bonds. The van der Waals surface area contributed by atoms with Crippen molar-refractivity contribution in [3.05, 3.63) is 16.4 Å². The molecule has 0 atom stereocenters. The normalized spacial score (nSPS) is 19.7. The summed E-state index contributed by atoms with van der Waals surface area (Å²) in [5, 5.41) is 2.88. The lowest BCUT2D eigenvalue weighted by atomic mass is 9.88. The van der Waals surface area contributed by atoms with E-state index in [2.05, 4.69) is 31.2 Å². The molecule has 1 aromatic rings. The maximum atomic E-state index is 12.5. The standard InChI is InChI=1S/C9H10BrF2N3/c1-5-7(10)4-13-8(14-5)15-6-2-9(11,12)3-6/h4,6H,2-3H2,1H3,(H,13,14,15). The van der Waals surface area contributed by atoms with E-state index in [1.54, 1.807) is 6.20 Å². The second-order valence-electron chi connectivity index (χ2n) is 3.73. The third kappa shape index (κ3) is 2.42. The van der Waals surface area contributed by atoms with Gasteiger partial charge in [-0.25, -0.2) is 18.7 Å². The van der Waals surface area contributed by atoms with Gasteiger partial charge in [0.1, 0.15) is 0 Å². The highest BCUT2D eigenvalue weighted by atomic mass is 79.9. The summed E-state index contributed by atoms with van der Waals surface area (Å²) in [7, 11) is 0. The average molecular weight is 278 g/mol. The van der Waals surface area contributed by atoms with Crippen LogP contribution in [0.1, 0.15) is 18.5 Å². The Morgan fingerprint density at radius 1 is 1.53 bits per heavy atom. The predicted molar refractivity (Wildman–Crippen MR) is 56.1 cm³/mol. The van der Waals surface area contributed by atoms with Crippen LogP contribution in [0.2, 0.25) is 0 Å². The number of nitrogens with zero attached hydrogens (tertiary/aromatic N) is 2. The zero-order valence-corrected chi connectivity index (χ0v) is 9.68. The Hall–Kier alpha value is -0.780. The molecule has 0 spiro atoms. The summed E-state index contributed by atoms with van der Waals surface area (Å²) in [4.78, 5) is 8.12. The molecule has 3 nitrogen and oxygen atoms in total. The van der Waals surface area contributed by atoms with Crippen LogP contribution in [-0.2, 0) is 0 Å². The maximum absolute atomic E-state index is 12.5. The van der Waals surface area contributed by atoms with Gasteiger partial charge in [0.2, 0.25) is 5.95 Å². The lowest BCUT2D eigenvalue weighted by Gasteiger charge is -2.35. The van der Waals surface area contributed by atoms with Crippen molar-refractivity contribution < 1.29 is 8.78 Å². The molecular formula is C9H10BrF2N3. The second kappa shape index (κ2) is 3.66. The first-order valence-corrected chi connectivity index (χ1v) is 5.39. The van der Waals surface area contributed by atoms with Crippen molar-refractivity contribution in [3.63, 3.8) is 0 Å². The Balaban J connectivity index is 1.98. The van der Waals surface area contributed by atoms with E-state index in [-0.39, 0.29) is 18.9 Å². The van der Waals surface area contributed by atoms with E-state index < -0.39 is 5.92 Å². The van der Waals surface area contributed by atoms with Crippen molar-refractivity contribution in [1.29, 1.82) is 0 Å². The summed E-state index contributed by atoms with van der Waals surface area (Å²) >= 11 is 3.27. The van der Waals surface area contributed by atoms with Gasteiger partial charge < -0.3 is 5.32 Å².